The molecule has 0 amide bonds. The van der Waals surface area contributed by atoms with Crippen molar-refractivity contribution in [3.8, 4) is 11.4 Å². The minimum atomic E-state index is -3.39. The first-order valence-corrected chi connectivity index (χ1v) is 10.2. The molecule has 2 aromatic rings. The van der Waals surface area contributed by atoms with Crippen molar-refractivity contribution in [2.45, 2.75) is 32.7 Å². The van der Waals surface area contributed by atoms with Crippen LogP contribution in [0.15, 0.2) is 22.9 Å². The third kappa shape index (κ3) is 4.55. The molecule has 3 heterocycles. The predicted molar refractivity (Wildman–Crippen MR) is 94.4 cm³/mol. The van der Waals surface area contributed by atoms with Crippen LogP contribution in [0.2, 0.25) is 0 Å². The van der Waals surface area contributed by atoms with Crippen LogP contribution in [0.3, 0.4) is 0 Å². The van der Waals surface area contributed by atoms with Crippen molar-refractivity contribution in [3.05, 3.63) is 24.2 Å². The largest absolute Gasteiger partial charge is 0.337 e. The third-order valence-corrected chi connectivity index (χ3v) is 4.58. The lowest BCUT2D eigenvalue weighted by molar-refractivity contribution is 0.189. The monoisotopic (exact) mass is 365 g/mol. The molecular formula is C16H23N5O3S. The van der Waals surface area contributed by atoms with E-state index < -0.39 is 10.0 Å². The van der Waals surface area contributed by atoms with Crippen LogP contribution in [-0.4, -0.2) is 47.8 Å². The van der Waals surface area contributed by atoms with Gasteiger partial charge in [-0.05, 0) is 37.4 Å². The lowest BCUT2D eigenvalue weighted by atomic mass is 10.1. The maximum absolute atomic E-state index is 11.3. The molecule has 1 N–H and O–H groups in total. The second kappa shape index (κ2) is 7.09. The van der Waals surface area contributed by atoms with Crippen molar-refractivity contribution in [2.24, 2.45) is 5.92 Å². The second-order valence-corrected chi connectivity index (χ2v) is 8.56. The van der Waals surface area contributed by atoms with E-state index in [1.165, 1.54) is 6.20 Å². The van der Waals surface area contributed by atoms with Gasteiger partial charge in [-0.25, -0.2) is 13.4 Å². The molecule has 9 heteroatoms. The normalized spacial score (nSPS) is 18.8. The first-order chi connectivity index (χ1) is 11.8. The third-order valence-electron chi connectivity index (χ3n) is 4.00. The molecule has 0 saturated carbocycles. The van der Waals surface area contributed by atoms with Gasteiger partial charge in [0.05, 0.1) is 12.3 Å². The Morgan fingerprint density at radius 1 is 1.44 bits per heavy atom. The molecule has 0 unspecified atom stereocenters. The average Bonchev–Trinajstić information content (AvgIpc) is 3.13. The lowest BCUT2D eigenvalue weighted by Gasteiger charge is -2.23. The van der Waals surface area contributed by atoms with Crippen LogP contribution in [0, 0.1) is 5.92 Å². The maximum atomic E-state index is 11.3. The van der Waals surface area contributed by atoms with E-state index in [4.69, 9.17) is 4.52 Å². The van der Waals surface area contributed by atoms with Crippen LogP contribution in [0.25, 0.3) is 11.4 Å². The minimum absolute atomic E-state index is 0.152. The number of likely N-dealkylation sites (tertiary alicyclic amines) is 1. The summed E-state index contributed by atoms with van der Waals surface area (Å²) in [6.45, 7) is 6.43. The number of nitrogens with zero attached hydrogens (tertiary/aromatic N) is 4. The number of nitrogens with one attached hydrogen (secondary N) is 1. The van der Waals surface area contributed by atoms with Gasteiger partial charge in [0.25, 0.3) is 0 Å². The summed E-state index contributed by atoms with van der Waals surface area (Å²) in [6, 6.07) is 3.47. The lowest BCUT2D eigenvalue weighted by Crippen LogP contribution is -2.27. The molecule has 0 aromatic carbocycles. The number of sulfonamides is 1. The SMILES string of the molecule is CC(C)CN1CCC[C@H]1c1nc(-c2ccnc(NS(C)(=O)=O)c2)no1. The summed E-state index contributed by atoms with van der Waals surface area (Å²) in [5.74, 6) is 1.86. The van der Waals surface area contributed by atoms with E-state index in [0.717, 1.165) is 32.2 Å². The van der Waals surface area contributed by atoms with Crippen LogP contribution in [0.4, 0.5) is 5.82 Å². The first-order valence-electron chi connectivity index (χ1n) is 8.33. The molecule has 0 bridgehead atoms. The fourth-order valence-corrected chi connectivity index (χ4v) is 3.59. The summed E-state index contributed by atoms with van der Waals surface area (Å²) < 4.78 is 30.5. The molecule has 1 fully saturated rings. The zero-order valence-electron chi connectivity index (χ0n) is 14.6. The number of anilines is 1. The Balaban J connectivity index is 1.81. The quantitative estimate of drug-likeness (QED) is 0.838. The Bertz CT molecular complexity index is 834. The van der Waals surface area contributed by atoms with Crippen molar-refractivity contribution >= 4 is 15.8 Å². The summed E-state index contributed by atoms with van der Waals surface area (Å²) in [6.07, 6.45) is 4.72. The molecule has 25 heavy (non-hydrogen) atoms. The molecule has 2 aromatic heterocycles. The Morgan fingerprint density at radius 3 is 2.96 bits per heavy atom. The highest BCUT2D eigenvalue weighted by molar-refractivity contribution is 7.92. The highest BCUT2D eigenvalue weighted by Gasteiger charge is 2.31. The Hall–Kier alpha value is -2.00. The zero-order valence-corrected chi connectivity index (χ0v) is 15.5. The van der Waals surface area contributed by atoms with Crippen LogP contribution < -0.4 is 4.72 Å². The summed E-state index contributed by atoms with van der Waals surface area (Å²) >= 11 is 0. The minimum Gasteiger partial charge on any atom is -0.337 e. The number of pyridine rings is 1. The van der Waals surface area contributed by atoms with Gasteiger partial charge >= 0.3 is 0 Å². The fraction of sp³-hybridized carbons (Fsp3) is 0.562. The van der Waals surface area contributed by atoms with Gasteiger partial charge in [0.15, 0.2) is 0 Å². The van der Waals surface area contributed by atoms with E-state index in [1.807, 2.05) is 0 Å². The number of aromatic nitrogens is 3. The molecule has 0 spiro atoms. The Morgan fingerprint density at radius 2 is 2.24 bits per heavy atom. The summed E-state index contributed by atoms with van der Waals surface area (Å²) in [5, 5.41) is 4.06. The molecule has 1 saturated heterocycles. The Kier molecular flexibility index (Phi) is 5.05. The van der Waals surface area contributed by atoms with Crippen LogP contribution in [0.1, 0.15) is 38.6 Å². The second-order valence-electron chi connectivity index (χ2n) is 6.81. The molecule has 1 aliphatic rings. The topological polar surface area (TPSA) is 101 Å². The standard InChI is InChI=1S/C16H23N5O3S/c1-11(2)10-21-8-4-5-13(21)16-18-15(19-24-16)12-6-7-17-14(9-12)20-25(3,22)23/h6-7,9,11,13H,4-5,8,10H2,1-3H3,(H,17,20)/t13-/m0/s1. The van der Waals surface area contributed by atoms with E-state index in [2.05, 4.69) is 38.6 Å². The van der Waals surface area contributed by atoms with Gasteiger partial charge in [-0.3, -0.25) is 9.62 Å². The van der Waals surface area contributed by atoms with Crippen LogP contribution in [-0.2, 0) is 10.0 Å². The van der Waals surface area contributed by atoms with E-state index in [0.29, 0.717) is 23.2 Å². The summed E-state index contributed by atoms with van der Waals surface area (Å²) in [4.78, 5) is 10.9. The van der Waals surface area contributed by atoms with Crippen molar-refractivity contribution in [3.63, 3.8) is 0 Å². The predicted octanol–water partition coefficient (Wildman–Crippen LogP) is 2.30. The Labute approximate surface area is 147 Å². The van der Waals surface area contributed by atoms with Crippen LogP contribution in [0.5, 0.6) is 0 Å². The maximum Gasteiger partial charge on any atom is 0.244 e. The van der Waals surface area contributed by atoms with E-state index >= 15 is 0 Å². The van der Waals surface area contributed by atoms with Gasteiger partial charge in [-0.2, -0.15) is 4.98 Å². The molecule has 1 atom stereocenters. The van der Waals surface area contributed by atoms with Crippen LogP contribution >= 0.6 is 0 Å². The zero-order chi connectivity index (χ0) is 18.0. The summed E-state index contributed by atoms with van der Waals surface area (Å²) in [7, 11) is -3.39. The van der Waals surface area contributed by atoms with Crippen molar-refractivity contribution in [1.82, 2.24) is 20.0 Å². The van der Waals surface area contributed by atoms with Gasteiger partial charge in [0.1, 0.15) is 5.82 Å². The smallest absolute Gasteiger partial charge is 0.244 e. The van der Waals surface area contributed by atoms with E-state index in [9.17, 15) is 8.42 Å². The number of rotatable bonds is 6. The average molecular weight is 365 g/mol. The van der Waals surface area contributed by atoms with Gasteiger partial charge in [0, 0.05) is 18.3 Å². The highest BCUT2D eigenvalue weighted by atomic mass is 32.2. The molecule has 0 radical (unpaired) electrons. The molecule has 136 valence electrons. The van der Waals surface area contributed by atoms with Crippen molar-refractivity contribution in [2.75, 3.05) is 24.1 Å². The number of hydrogen-bond acceptors (Lipinski definition) is 7. The van der Waals surface area contributed by atoms with Crippen molar-refractivity contribution < 1.29 is 12.9 Å². The van der Waals surface area contributed by atoms with Crippen molar-refractivity contribution in [1.29, 1.82) is 0 Å². The van der Waals surface area contributed by atoms with E-state index in [1.54, 1.807) is 12.1 Å². The molecule has 3 rings (SSSR count). The van der Waals surface area contributed by atoms with Gasteiger partial charge in [-0.15, -0.1) is 0 Å². The van der Waals surface area contributed by atoms with Gasteiger partial charge in [0.2, 0.25) is 21.7 Å². The fourth-order valence-electron chi connectivity index (χ4n) is 3.10. The number of hydrogen-bond donors (Lipinski definition) is 1. The molecule has 0 aliphatic carbocycles. The first kappa shape index (κ1) is 17.8. The molecule has 8 nitrogen and oxygen atoms in total. The highest BCUT2D eigenvalue weighted by Crippen LogP contribution is 2.32. The summed E-state index contributed by atoms with van der Waals surface area (Å²) in [5.41, 5.74) is 0.657. The molecular weight excluding hydrogens is 342 g/mol. The van der Waals surface area contributed by atoms with E-state index in [-0.39, 0.29) is 11.9 Å². The van der Waals surface area contributed by atoms with Gasteiger partial charge < -0.3 is 4.52 Å². The molecule has 1 aliphatic heterocycles. The van der Waals surface area contributed by atoms with Gasteiger partial charge in [-0.1, -0.05) is 19.0 Å².